The van der Waals surface area contributed by atoms with Crippen molar-refractivity contribution in [3.63, 3.8) is 0 Å². The number of hydrogen-bond donors (Lipinski definition) is 1. The minimum atomic E-state index is -0.288. The first-order valence-corrected chi connectivity index (χ1v) is 6.24. The van der Waals surface area contributed by atoms with E-state index in [1.807, 2.05) is 31.2 Å². The maximum atomic E-state index is 12.1. The summed E-state index contributed by atoms with van der Waals surface area (Å²) in [5.74, 6) is 0. The molecule has 1 atom stereocenters. The SMILES string of the molecule is Cc1ccc(NC(=O)N2CCCCC2C#N)cc1. The van der Waals surface area contributed by atoms with Crippen molar-refractivity contribution in [2.24, 2.45) is 0 Å². The molecule has 2 amide bonds. The molecule has 0 spiro atoms. The summed E-state index contributed by atoms with van der Waals surface area (Å²) >= 11 is 0. The summed E-state index contributed by atoms with van der Waals surface area (Å²) in [6.45, 7) is 2.66. The molecule has 0 bridgehead atoms. The summed E-state index contributed by atoms with van der Waals surface area (Å²) in [7, 11) is 0. The number of rotatable bonds is 1. The van der Waals surface area contributed by atoms with Gasteiger partial charge in [0.05, 0.1) is 6.07 Å². The Hall–Kier alpha value is -2.02. The molecule has 1 aliphatic heterocycles. The molecule has 4 heteroatoms. The van der Waals surface area contributed by atoms with Crippen LogP contribution in [0.1, 0.15) is 24.8 Å². The average Bonchev–Trinajstić information content (AvgIpc) is 2.41. The summed E-state index contributed by atoms with van der Waals surface area (Å²) in [5.41, 5.74) is 1.92. The number of nitrogens with zero attached hydrogens (tertiary/aromatic N) is 2. The molecule has 1 aromatic rings. The molecule has 1 heterocycles. The van der Waals surface area contributed by atoms with Gasteiger partial charge in [-0.25, -0.2) is 4.79 Å². The third-order valence-corrected chi connectivity index (χ3v) is 3.22. The second-order valence-corrected chi connectivity index (χ2v) is 4.63. The number of anilines is 1. The Balaban J connectivity index is 2.02. The van der Waals surface area contributed by atoms with E-state index in [2.05, 4.69) is 11.4 Å². The monoisotopic (exact) mass is 243 g/mol. The molecular formula is C14H17N3O. The van der Waals surface area contributed by atoms with Crippen LogP contribution >= 0.6 is 0 Å². The van der Waals surface area contributed by atoms with E-state index in [-0.39, 0.29) is 12.1 Å². The number of carbonyl (C=O) groups excluding carboxylic acids is 1. The molecule has 2 rings (SSSR count). The second kappa shape index (κ2) is 5.54. The zero-order chi connectivity index (χ0) is 13.0. The van der Waals surface area contributed by atoms with Crippen LogP contribution in [0.25, 0.3) is 0 Å². The minimum Gasteiger partial charge on any atom is -0.309 e. The average molecular weight is 243 g/mol. The largest absolute Gasteiger partial charge is 0.322 e. The first-order valence-electron chi connectivity index (χ1n) is 6.24. The molecule has 18 heavy (non-hydrogen) atoms. The van der Waals surface area contributed by atoms with E-state index in [4.69, 9.17) is 5.26 Å². The molecule has 1 saturated heterocycles. The van der Waals surface area contributed by atoms with Crippen LogP contribution in [0.3, 0.4) is 0 Å². The highest BCUT2D eigenvalue weighted by atomic mass is 16.2. The number of urea groups is 1. The molecule has 0 saturated carbocycles. The van der Waals surface area contributed by atoms with Gasteiger partial charge < -0.3 is 10.2 Å². The third kappa shape index (κ3) is 2.80. The van der Waals surface area contributed by atoms with E-state index >= 15 is 0 Å². The van der Waals surface area contributed by atoms with Crippen molar-refractivity contribution < 1.29 is 4.79 Å². The van der Waals surface area contributed by atoms with Gasteiger partial charge in [0.2, 0.25) is 0 Å². The Morgan fingerprint density at radius 1 is 1.39 bits per heavy atom. The van der Waals surface area contributed by atoms with Crippen LogP contribution < -0.4 is 5.32 Å². The number of aryl methyl sites for hydroxylation is 1. The van der Waals surface area contributed by atoms with Crippen LogP contribution in [-0.2, 0) is 0 Å². The second-order valence-electron chi connectivity index (χ2n) is 4.63. The molecule has 94 valence electrons. The number of likely N-dealkylation sites (tertiary alicyclic amines) is 1. The smallest absolute Gasteiger partial charge is 0.309 e. The maximum Gasteiger partial charge on any atom is 0.322 e. The summed E-state index contributed by atoms with van der Waals surface area (Å²) in [6, 6.07) is 9.38. The highest BCUT2D eigenvalue weighted by molar-refractivity contribution is 5.89. The molecular weight excluding hydrogens is 226 g/mol. The Morgan fingerprint density at radius 3 is 2.78 bits per heavy atom. The molecule has 1 aromatic carbocycles. The minimum absolute atomic E-state index is 0.176. The van der Waals surface area contributed by atoms with Gasteiger partial charge in [-0.3, -0.25) is 0 Å². The number of nitriles is 1. The van der Waals surface area contributed by atoms with Gasteiger partial charge in [0.15, 0.2) is 0 Å². The lowest BCUT2D eigenvalue weighted by Crippen LogP contribution is -2.45. The van der Waals surface area contributed by atoms with Gasteiger partial charge in [-0.1, -0.05) is 17.7 Å². The van der Waals surface area contributed by atoms with Crippen LogP contribution in [-0.4, -0.2) is 23.5 Å². The lowest BCUT2D eigenvalue weighted by molar-refractivity contribution is 0.182. The lowest BCUT2D eigenvalue weighted by atomic mass is 10.0. The van der Waals surface area contributed by atoms with Gasteiger partial charge in [-0.05, 0) is 38.3 Å². The fourth-order valence-electron chi connectivity index (χ4n) is 2.14. The van der Waals surface area contributed by atoms with E-state index in [0.29, 0.717) is 6.54 Å². The van der Waals surface area contributed by atoms with Gasteiger partial charge >= 0.3 is 6.03 Å². The fraction of sp³-hybridized carbons (Fsp3) is 0.429. The van der Waals surface area contributed by atoms with Gasteiger partial charge in [-0.15, -0.1) is 0 Å². The number of piperidine rings is 1. The Bertz CT molecular complexity index is 461. The predicted octanol–water partition coefficient (Wildman–Crippen LogP) is 2.91. The topological polar surface area (TPSA) is 56.1 Å². The van der Waals surface area contributed by atoms with Crippen LogP contribution in [0.15, 0.2) is 24.3 Å². The molecule has 1 unspecified atom stereocenters. The van der Waals surface area contributed by atoms with Crippen LogP contribution in [0, 0.1) is 18.3 Å². The van der Waals surface area contributed by atoms with Gasteiger partial charge in [-0.2, -0.15) is 5.26 Å². The molecule has 0 aromatic heterocycles. The number of amides is 2. The molecule has 1 fully saturated rings. The zero-order valence-corrected chi connectivity index (χ0v) is 10.5. The summed E-state index contributed by atoms with van der Waals surface area (Å²) < 4.78 is 0. The van der Waals surface area contributed by atoms with E-state index in [0.717, 1.165) is 30.5 Å². The summed E-state index contributed by atoms with van der Waals surface area (Å²) in [6.07, 6.45) is 2.77. The molecule has 0 aliphatic carbocycles. The van der Waals surface area contributed by atoms with Crippen molar-refractivity contribution >= 4 is 11.7 Å². The van der Waals surface area contributed by atoms with E-state index in [1.165, 1.54) is 0 Å². The molecule has 1 N–H and O–H groups in total. The molecule has 1 aliphatic rings. The van der Waals surface area contributed by atoms with Gasteiger partial charge in [0, 0.05) is 12.2 Å². The first-order chi connectivity index (χ1) is 8.70. The van der Waals surface area contributed by atoms with Crippen molar-refractivity contribution in [1.82, 2.24) is 4.90 Å². The molecule has 0 radical (unpaired) electrons. The molecule has 4 nitrogen and oxygen atoms in total. The van der Waals surface area contributed by atoms with E-state index < -0.39 is 0 Å². The maximum absolute atomic E-state index is 12.1. The summed E-state index contributed by atoms with van der Waals surface area (Å²) in [4.78, 5) is 13.7. The third-order valence-electron chi connectivity index (χ3n) is 3.22. The quantitative estimate of drug-likeness (QED) is 0.824. The number of hydrogen-bond acceptors (Lipinski definition) is 2. The normalized spacial score (nSPS) is 19.1. The standard InChI is InChI=1S/C14H17N3O/c1-11-5-7-12(8-6-11)16-14(18)17-9-3-2-4-13(17)10-15/h5-8,13H,2-4,9H2,1H3,(H,16,18). The highest BCUT2D eigenvalue weighted by Crippen LogP contribution is 2.18. The lowest BCUT2D eigenvalue weighted by Gasteiger charge is -2.31. The van der Waals surface area contributed by atoms with Crippen LogP contribution in [0.2, 0.25) is 0 Å². The number of benzene rings is 1. The Kier molecular flexibility index (Phi) is 3.83. The number of nitrogens with one attached hydrogen (secondary N) is 1. The van der Waals surface area contributed by atoms with Gasteiger partial charge in [0.1, 0.15) is 6.04 Å². The zero-order valence-electron chi connectivity index (χ0n) is 10.5. The van der Waals surface area contributed by atoms with E-state index in [9.17, 15) is 4.79 Å². The predicted molar refractivity (Wildman–Crippen MR) is 70.2 cm³/mol. The fourth-order valence-corrected chi connectivity index (χ4v) is 2.14. The van der Waals surface area contributed by atoms with Gasteiger partial charge in [0.25, 0.3) is 0 Å². The van der Waals surface area contributed by atoms with Crippen LogP contribution in [0.4, 0.5) is 10.5 Å². The summed E-state index contributed by atoms with van der Waals surface area (Å²) in [5, 5.41) is 11.9. The first kappa shape index (κ1) is 12.4. The van der Waals surface area contributed by atoms with Crippen molar-refractivity contribution in [1.29, 1.82) is 5.26 Å². The van der Waals surface area contributed by atoms with E-state index in [1.54, 1.807) is 4.90 Å². The van der Waals surface area contributed by atoms with Crippen molar-refractivity contribution in [2.75, 3.05) is 11.9 Å². The van der Waals surface area contributed by atoms with Crippen molar-refractivity contribution in [3.8, 4) is 6.07 Å². The Labute approximate surface area is 107 Å². The number of carbonyl (C=O) groups is 1. The highest BCUT2D eigenvalue weighted by Gasteiger charge is 2.26. The van der Waals surface area contributed by atoms with Crippen molar-refractivity contribution in [2.45, 2.75) is 32.2 Å². The van der Waals surface area contributed by atoms with Crippen molar-refractivity contribution in [3.05, 3.63) is 29.8 Å². The van der Waals surface area contributed by atoms with Crippen LogP contribution in [0.5, 0.6) is 0 Å². The Morgan fingerprint density at radius 2 is 2.11 bits per heavy atom.